The highest BCUT2D eigenvalue weighted by Crippen LogP contribution is 2.17. The largest absolute Gasteiger partial charge is 0.341 e. The molecule has 22 heavy (non-hydrogen) atoms. The molecule has 7 heteroatoms. The molecule has 2 heterocycles. The van der Waals surface area contributed by atoms with E-state index in [1.807, 2.05) is 0 Å². The van der Waals surface area contributed by atoms with Crippen molar-refractivity contribution in [1.29, 1.82) is 0 Å². The van der Waals surface area contributed by atoms with Crippen molar-refractivity contribution in [2.24, 2.45) is 0 Å². The summed E-state index contributed by atoms with van der Waals surface area (Å²) in [6.45, 7) is 1.86. The van der Waals surface area contributed by atoms with Gasteiger partial charge in [0.2, 0.25) is 5.95 Å². The number of hydrogen-bond donors (Lipinski definition) is 1. The lowest BCUT2D eigenvalue weighted by atomic mass is 10.2. The van der Waals surface area contributed by atoms with Crippen LogP contribution >= 0.6 is 0 Å². The minimum atomic E-state index is -1.06. The number of nitrogens with zero attached hydrogens (tertiary/aromatic N) is 3. The second kappa shape index (κ2) is 6.05. The van der Waals surface area contributed by atoms with Crippen LogP contribution in [0.3, 0.4) is 0 Å². The van der Waals surface area contributed by atoms with Crippen molar-refractivity contribution in [3.8, 4) is 0 Å². The van der Waals surface area contributed by atoms with E-state index in [2.05, 4.69) is 20.2 Å². The lowest BCUT2D eigenvalue weighted by Crippen LogP contribution is -2.20. The first-order chi connectivity index (χ1) is 10.6. The molecule has 0 spiro atoms. The van der Waals surface area contributed by atoms with Crippen LogP contribution in [0.2, 0.25) is 0 Å². The third-order valence-corrected chi connectivity index (χ3v) is 3.47. The summed E-state index contributed by atoms with van der Waals surface area (Å²) >= 11 is 0. The van der Waals surface area contributed by atoms with Crippen LogP contribution in [0.1, 0.15) is 23.2 Å². The van der Waals surface area contributed by atoms with E-state index in [1.165, 1.54) is 18.5 Å². The van der Waals surface area contributed by atoms with Gasteiger partial charge in [-0.3, -0.25) is 4.79 Å². The fourth-order valence-corrected chi connectivity index (χ4v) is 2.31. The number of halogens is 2. The number of anilines is 2. The first kappa shape index (κ1) is 14.4. The van der Waals surface area contributed by atoms with E-state index in [0.29, 0.717) is 11.6 Å². The SMILES string of the molecule is O=C(Nc1cnc(N2CCCC2)nc1)c1ccc(F)c(F)c1. The van der Waals surface area contributed by atoms with Gasteiger partial charge in [0, 0.05) is 18.7 Å². The molecular formula is C15H14F2N4O. The van der Waals surface area contributed by atoms with Crippen molar-refractivity contribution in [3.05, 3.63) is 47.8 Å². The van der Waals surface area contributed by atoms with Crippen molar-refractivity contribution in [1.82, 2.24) is 9.97 Å². The summed E-state index contributed by atoms with van der Waals surface area (Å²) < 4.78 is 26.0. The van der Waals surface area contributed by atoms with Crippen LogP contribution in [0, 0.1) is 11.6 Å². The van der Waals surface area contributed by atoms with E-state index in [1.54, 1.807) is 0 Å². The van der Waals surface area contributed by atoms with Gasteiger partial charge in [-0.25, -0.2) is 18.7 Å². The quantitative estimate of drug-likeness (QED) is 0.947. The second-order valence-electron chi connectivity index (χ2n) is 5.05. The van der Waals surface area contributed by atoms with Crippen LogP contribution < -0.4 is 10.2 Å². The zero-order valence-corrected chi connectivity index (χ0v) is 11.7. The molecule has 0 aliphatic carbocycles. The van der Waals surface area contributed by atoms with Crippen LogP contribution in [0.4, 0.5) is 20.4 Å². The van der Waals surface area contributed by atoms with Crippen molar-refractivity contribution < 1.29 is 13.6 Å². The highest BCUT2D eigenvalue weighted by Gasteiger charge is 2.15. The maximum atomic E-state index is 13.1. The zero-order chi connectivity index (χ0) is 15.5. The van der Waals surface area contributed by atoms with Crippen molar-refractivity contribution in [2.75, 3.05) is 23.3 Å². The number of carbonyl (C=O) groups is 1. The molecule has 0 atom stereocenters. The predicted molar refractivity (Wildman–Crippen MR) is 77.8 cm³/mol. The second-order valence-corrected chi connectivity index (χ2v) is 5.05. The molecule has 1 aromatic heterocycles. The Balaban J connectivity index is 1.69. The zero-order valence-electron chi connectivity index (χ0n) is 11.7. The fraction of sp³-hybridized carbons (Fsp3) is 0.267. The van der Waals surface area contributed by atoms with Crippen LogP contribution in [-0.2, 0) is 0 Å². The maximum absolute atomic E-state index is 13.1. The molecule has 0 saturated carbocycles. The number of benzene rings is 1. The molecule has 114 valence electrons. The van der Waals surface area contributed by atoms with Crippen molar-refractivity contribution in [2.45, 2.75) is 12.8 Å². The van der Waals surface area contributed by atoms with E-state index in [9.17, 15) is 13.6 Å². The highest BCUT2D eigenvalue weighted by molar-refractivity contribution is 6.04. The summed E-state index contributed by atoms with van der Waals surface area (Å²) in [5.41, 5.74) is 0.431. The molecule has 1 aromatic carbocycles. The van der Waals surface area contributed by atoms with E-state index in [-0.39, 0.29) is 5.56 Å². The Hall–Kier alpha value is -2.57. The molecule has 1 saturated heterocycles. The molecule has 1 fully saturated rings. The number of rotatable bonds is 3. The van der Waals surface area contributed by atoms with Crippen LogP contribution in [0.5, 0.6) is 0 Å². The topological polar surface area (TPSA) is 58.1 Å². The summed E-state index contributed by atoms with van der Waals surface area (Å²) in [7, 11) is 0. The third-order valence-electron chi connectivity index (χ3n) is 3.47. The average Bonchev–Trinajstić information content (AvgIpc) is 3.05. The molecule has 1 N–H and O–H groups in total. The lowest BCUT2D eigenvalue weighted by Gasteiger charge is -2.14. The molecule has 1 amide bonds. The van der Waals surface area contributed by atoms with E-state index in [0.717, 1.165) is 38.1 Å². The first-order valence-corrected chi connectivity index (χ1v) is 6.97. The van der Waals surface area contributed by atoms with Crippen molar-refractivity contribution >= 4 is 17.5 Å². The maximum Gasteiger partial charge on any atom is 0.255 e. The Morgan fingerprint density at radius 3 is 2.41 bits per heavy atom. The Morgan fingerprint density at radius 1 is 1.09 bits per heavy atom. The fourth-order valence-electron chi connectivity index (χ4n) is 2.31. The molecule has 5 nitrogen and oxygen atoms in total. The first-order valence-electron chi connectivity index (χ1n) is 6.97. The van der Waals surface area contributed by atoms with Gasteiger partial charge in [-0.15, -0.1) is 0 Å². The number of hydrogen-bond acceptors (Lipinski definition) is 4. The van der Waals surface area contributed by atoms with Crippen LogP contribution in [0.25, 0.3) is 0 Å². The Kier molecular flexibility index (Phi) is 3.95. The molecule has 0 bridgehead atoms. The van der Waals surface area contributed by atoms with Gasteiger partial charge in [0.25, 0.3) is 5.91 Å². The Labute approximate surface area is 126 Å². The molecule has 1 aliphatic heterocycles. The molecule has 0 radical (unpaired) electrons. The third kappa shape index (κ3) is 3.03. The number of amides is 1. The molecule has 1 aliphatic rings. The monoisotopic (exact) mass is 304 g/mol. The van der Waals surface area contributed by atoms with Gasteiger partial charge >= 0.3 is 0 Å². The van der Waals surface area contributed by atoms with E-state index in [4.69, 9.17) is 0 Å². The summed E-state index contributed by atoms with van der Waals surface area (Å²) in [6, 6.07) is 2.98. The molecular weight excluding hydrogens is 290 g/mol. The van der Waals surface area contributed by atoms with Gasteiger partial charge in [-0.05, 0) is 31.0 Å². The Bertz CT molecular complexity index is 684. The van der Waals surface area contributed by atoms with Crippen molar-refractivity contribution in [3.63, 3.8) is 0 Å². The van der Waals surface area contributed by atoms with Gasteiger partial charge in [0.05, 0.1) is 18.1 Å². The van der Waals surface area contributed by atoms with Gasteiger partial charge < -0.3 is 10.2 Å². The average molecular weight is 304 g/mol. The summed E-state index contributed by atoms with van der Waals surface area (Å²) in [6.07, 6.45) is 5.24. The number of carbonyl (C=O) groups excluding carboxylic acids is 1. The minimum Gasteiger partial charge on any atom is -0.341 e. The van der Waals surface area contributed by atoms with Gasteiger partial charge in [-0.1, -0.05) is 0 Å². The van der Waals surface area contributed by atoms with E-state index >= 15 is 0 Å². The van der Waals surface area contributed by atoms with Crippen LogP contribution in [-0.4, -0.2) is 29.0 Å². The minimum absolute atomic E-state index is 0.0301. The summed E-state index contributed by atoms with van der Waals surface area (Å²) in [4.78, 5) is 22.4. The molecule has 3 rings (SSSR count). The summed E-state index contributed by atoms with van der Waals surface area (Å²) in [5.74, 6) is -1.97. The number of aromatic nitrogens is 2. The van der Waals surface area contributed by atoms with Gasteiger partial charge in [0.15, 0.2) is 11.6 Å². The van der Waals surface area contributed by atoms with Gasteiger partial charge in [-0.2, -0.15) is 0 Å². The smallest absolute Gasteiger partial charge is 0.255 e. The number of nitrogens with one attached hydrogen (secondary N) is 1. The standard InChI is InChI=1S/C15H14F2N4O/c16-12-4-3-10(7-13(12)17)14(22)20-11-8-18-15(19-9-11)21-5-1-2-6-21/h3-4,7-9H,1-2,5-6H2,(H,20,22). The van der Waals surface area contributed by atoms with Crippen LogP contribution in [0.15, 0.2) is 30.6 Å². The molecule has 0 unspecified atom stereocenters. The van der Waals surface area contributed by atoms with Gasteiger partial charge in [0.1, 0.15) is 0 Å². The normalized spacial score (nSPS) is 14.2. The predicted octanol–water partition coefficient (Wildman–Crippen LogP) is 2.61. The lowest BCUT2D eigenvalue weighted by molar-refractivity contribution is 0.102. The highest BCUT2D eigenvalue weighted by atomic mass is 19.2. The summed E-state index contributed by atoms with van der Waals surface area (Å²) in [5, 5.41) is 2.55. The van der Waals surface area contributed by atoms with E-state index < -0.39 is 17.5 Å². The Morgan fingerprint density at radius 2 is 1.77 bits per heavy atom. The molecule has 2 aromatic rings.